The van der Waals surface area contributed by atoms with E-state index in [1.165, 1.54) is 0 Å². The molecule has 114 valence electrons. The van der Waals surface area contributed by atoms with Crippen molar-refractivity contribution in [2.75, 3.05) is 17.5 Å². The van der Waals surface area contributed by atoms with Gasteiger partial charge in [-0.15, -0.1) is 0 Å². The first-order valence-electron chi connectivity index (χ1n) is 6.68. The van der Waals surface area contributed by atoms with E-state index in [0.717, 1.165) is 11.3 Å². The molecular formula is C15H18ClNO4. The monoisotopic (exact) mass is 311 g/mol. The molecule has 0 bridgehead atoms. The first-order chi connectivity index (χ1) is 9.81. The van der Waals surface area contributed by atoms with Crippen molar-refractivity contribution in [3.63, 3.8) is 0 Å². The summed E-state index contributed by atoms with van der Waals surface area (Å²) in [5.74, 6) is -0.469. The van der Waals surface area contributed by atoms with Crippen LogP contribution in [0.1, 0.15) is 36.7 Å². The molecule has 0 radical (unpaired) electrons. The molecule has 0 fully saturated rings. The molecule has 0 aromatic heterocycles. The summed E-state index contributed by atoms with van der Waals surface area (Å²) >= 11 is 5.38. The van der Waals surface area contributed by atoms with Crippen LogP contribution in [-0.2, 0) is 15.9 Å². The van der Waals surface area contributed by atoms with Crippen molar-refractivity contribution in [3.8, 4) is 0 Å². The van der Waals surface area contributed by atoms with Gasteiger partial charge in [0.1, 0.15) is 5.60 Å². The highest BCUT2D eigenvalue weighted by molar-refractivity contribution is 6.17. The molecule has 0 atom stereocenters. The molecule has 1 heterocycles. The molecule has 0 aliphatic carbocycles. The molecule has 0 N–H and O–H groups in total. The SMILES string of the molecule is CC(C)(C)OC(=O)N1CCc2cc(C(=O)OCCl)ccc21. The molecule has 0 saturated carbocycles. The highest BCUT2D eigenvalue weighted by Crippen LogP contribution is 2.30. The van der Waals surface area contributed by atoms with Gasteiger partial charge in [-0.2, -0.15) is 0 Å². The zero-order valence-corrected chi connectivity index (χ0v) is 13.1. The molecule has 0 spiro atoms. The van der Waals surface area contributed by atoms with Gasteiger partial charge in [-0.25, -0.2) is 9.59 Å². The van der Waals surface area contributed by atoms with Crippen LogP contribution in [-0.4, -0.2) is 30.3 Å². The quantitative estimate of drug-likeness (QED) is 0.621. The van der Waals surface area contributed by atoms with Crippen LogP contribution < -0.4 is 4.90 Å². The normalized spacial score (nSPS) is 13.8. The van der Waals surface area contributed by atoms with Crippen molar-refractivity contribution in [1.29, 1.82) is 0 Å². The van der Waals surface area contributed by atoms with E-state index < -0.39 is 11.6 Å². The Labute approximate surface area is 128 Å². The zero-order chi connectivity index (χ0) is 15.6. The molecule has 0 saturated heterocycles. The Bertz CT molecular complexity index is 565. The number of nitrogens with zero attached hydrogens (tertiary/aromatic N) is 1. The average molecular weight is 312 g/mol. The third-order valence-electron chi connectivity index (χ3n) is 3.01. The second-order valence-electron chi connectivity index (χ2n) is 5.77. The summed E-state index contributed by atoms with van der Waals surface area (Å²) in [7, 11) is 0. The van der Waals surface area contributed by atoms with Gasteiger partial charge in [-0.3, -0.25) is 4.90 Å². The number of amides is 1. The number of rotatable bonds is 2. The molecule has 21 heavy (non-hydrogen) atoms. The summed E-state index contributed by atoms with van der Waals surface area (Å²) in [6.07, 6.45) is 0.300. The van der Waals surface area contributed by atoms with Crippen LogP contribution in [0.4, 0.5) is 10.5 Å². The van der Waals surface area contributed by atoms with Crippen LogP contribution in [0.5, 0.6) is 0 Å². The van der Waals surface area contributed by atoms with Crippen LogP contribution in [0, 0.1) is 0 Å². The lowest BCUT2D eigenvalue weighted by atomic mass is 10.1. The number of halogens is 1. The van der Waals surface area contributed by atoms with Gasteiger partial charge in [-0.05, 0) is 51.0 Å². The number of ether oxygens (including phenoxy) is 2. The Morgan fingerprint density at radius 3 is 2.67 bits per heavy atom. The molecule has 6 heteroatoms. The van der Waals surface area contributed by atoms with Crippen molar-refractivity contribution < 1.29 is 19.1 Å². The number of fused-ring (bicyclic) bond motifs is 1. The topological polar surface area (TPSA) is 55.8 Å². The second kappa shape index (κ2) is 5.93. The number of esters is 1. The van der Waals surface area contributed by atoms with Crippen molar-refractivity contribution in [2.24, 2.45) is 0 Å². The minimum absolute atomic E-state index is 0.181. The molecule has 2 rings (SSSR count). The van der Waals surface area contributed by atoms with Gasteiger partial charge in [0.05, 0.1) is 11.3 Å². The predicted octanol–water partition coefficient (Wildman–Crippen LogP) is 3.34. The van der Waals surface area contributed by atoms with Crippen molar-refractivity contribution >= 4 is 29.4 Å². The highest BCUT2D eigenvalue weighted by atomic mass is 35.5. The fourth-order valence-corrected chi connectivity index (χ4v) is 2.27. The van der Waals surface area contributed by atoms with Gasteiger partial charge >= 0.3 is 12.1 Å². The van der Waals surface area contributed by atoms with Gasteiger partial charge in [-0.1, -0.05) is 11.6 Å². The predicted molar refractivity (Wildman–Crippen MR) is 79.9 cm³/mol. The molecule has 1 aliphatic heterocycles. The fraction of sp³-hybridized carbons (Fsp3) is 0.467. The Hall–Kier alpha value is -1.75. The first kappa shape index (κ1) is 15.6. The molecule has 0 unspecified atom stereocenters. The van der Waals surface area contributed by atoms with Crippen molar-refractivity contribution in [3.05, 3.63) is 29.3 Å². The largest absolute Gasteiger partial charge is 0.446 e. The lowest BCUT2D eigenvalue weighted by Crippen LogP contribution is -2.35. The smallest absolute Gasteiger partial charge is 0.414 e. The lowest BCUT2D eigenvalue weighted by Gasteiger charge is -2.24. The maximum absolute atomic E-state index is 12.1. The number of carbonyl (C=O) groups excluding carboxylic acids is 2. The van der Waals surface area contributed by atoms with E-state index in [0.29, 0.717) is 18.5 Å². The second-order valence-corrected chi connectivity index (χ2v) is 5.98. The summed E-state index contributed by atoms with van der Waals surface area (Å²) in [6, 6.07) is 4.90. The minimum Gasteiger partial charge on any atom is -0.446 e. The molecule has 1 aromatic rings. The molecule has 1 aromatic carbocycles. The highest BCUT2D eigenvalue weighted by Gasteiger charge is 2.29. The molecule has 1 aliphatic rings. The Kier molecular flexibility index (Phi) is 4.42. The fourth-order valence-electron chi connectivity index (χ4n) is 2.17. The number of anilines is 1. The number of hydrogen-bond acceptors (Lipinski definition) is 4. The van der Waals surface area contributed by atoms with Gasteiger partial charge in [0.2, 0.25) is 0 Å². The van der Waals surface area contributed by atoms with E-state index in [-0.39, 0.29) is 12.2 Å². The molecule has 1 amide bonds. The Morgan fingerprint density at radius 2 is 2.05 bits per heavy atom. The van der Waals surface area contributed by atoms with Gasteiger partial charge in [0.15, 0.2) is 6.07 Å². The van der Waals surface area contributed by atoms with Crippen molar-refractivity contribution in [2.45, 2.75) is 32.8 Å². The third-order valence-corrected chi connectivity index (χ3v) is 3.12. The average Bonchev–Trinajstić information content (AvgIpc) is 2.79. The van der Waals surface area contributed by atoms with Gasteiger partial charge < -0.3 is 9.47 Å². The molecule has 5 nitrogen and oxygen atoms in total. The zero-order valence-electron chi connectivity index (χ0n) is 12.3. The van der Waals surface area contributed by atoms with Crippen molar-refractivity contribution in [1.82, 2.24) is 0 Å². The van der Waals surface area contributed by atoms with E-state index in [4.69, 9.17) is 21.1 Å². The van der Waals surface area contributed by atoms with Crippen LogP contribution in [0.25, 0.3) is 0 Å². The summed E-state index contributed by atoms with van der Waals surface area (Å²) in [5.41, 5.74) is 1.58. The summed E-state index contributed by atoms with van der Waals surface area (Å²) in [4.78, 5) is 25.4. The lowest BCUT2D eigenvalue weighted by molar-refractivity contribution is 0.0569. The first-order valence-corrected chi connectivity index (χ1v) is 7.22. The number of alkyl halides is 1. The van der Waals surface area contributed by atoms with E-state index in [2.05, 4.69) is 0 Å². The Balaban J connectivity index is 2.18. The van der Waals surface area contributed by atoms with Gasteiger partial charge in [0, 0.05) is 6.54 Å². The van der Waals surface area contributed by atoms with Gasteiger partial charge in [0.25, 0.3) is 0 Å². The summed E-state index contributed by atoms with van der Waals surface area (Å²) in [5, 5.41) is 0. The number of carbonyl (C=O) groups is 2. The van der Waals surface area contributed by atoms with E-state index >= 15 is 0 Å². The van der Waals surface area contributed by atoms with Crippen LogP contribution in [0.3, 0.4) is 0 Å². The number of hydrogen-bond donors (Lipinski definition) is 0. The summed E-state index contributed by atoms with van der Waals surface area (Å²) < 4.78 is 10.1. The molecular weight excluding hydrogens is 294 g/mol. The number of benzene rings is 1. The standard InChI is InChI=1S/C15H18ClNO4/c1-15(2,3)21-14(19)17-7-6-10-8-11(4-5-12(10)17)13(18)20-9-16/h4-5,8H,6-7,9H2,1-3H3. The minimum atomic E-state index is -0.538. The third kappa shape index (κ3) is 3.67. The van der Waals surface area contributed by atoms with Crippen LogP contribution in [0.2, 0.25) is 0 Å². The van der Waals surface area contributed by atoms with E-state index in [9.17, 15) is 9.59 Å². The maximum Gasteiger partial charge on any atom is 0.414 e. The maximum atomic E-state index is 12.1. The van der Waals surface area contributed by atoms with E-state index in [1.54, 1.807) is 23.1 Å². The Morgan fingerprint density at radius 1 is 1.33 bits per heavy atom. The summed E-state index contributed by atoms with van der Waals surface area (Å²) in [6.45, 7) is 6.02. The van der Waals surface area contributed by atoms with E-state index in [1.807, 2.05) is 20.8 Å². The van der Waals surface area contributed by atoms with Crippen LogP contribution in [0.15, 0.2) is 18.2 Å². The van der Waals surface area contributed by atoms with Crippen LogP contribution >= 0.6 is 11.6 Å².